The second-order valence-corrected chi connectivity index (χ2v) is 5.81. The molecule has 0 saturated heterocycles. The normalized spacial score (nSPS) is 10.6. The summed E-state index contributed by atoms with van der Waals surface area (Å²) in [7, 11) is 1.60. The summed E-state index contributed by atoms with van der Waals surface area (Å²) in [5.74, 6) is 1.52. The first kappa shape index (κ1) is 18.8. The maximum Gasteiger partial charge on any atom is 0.238 e. The number of benzene rings is 2. The van der Waals surface area contributed by atoms with Crippen LogP contribution >= 0.6 is 0 Å². The summed E-state index contributed by atoms with van der Waals surface area (Å²) in [6.07, 6.45) is 0. The van der Waals surface area contributed by atoms with Crippen LogP contribution in [0.4, 0.5) is 5.69 Å². The lowest BCUT2D eigenvalue weighted by molar-refractivity contribution is -0.117. The van der Waals surface area contributed by atoms with Crippen LogP contribution in [0, 0.1) is 6.92 Å². The molecular weight excluding hydrogens is 316 g/mol. The number of rotatable bonds is 9. The van der Waals surface area contributed by atoms with Crippen LogP contribution in [0.5, 0.6) is 11.5 Å². The highest BCUT2D eigenvalue weighted by Crippen LogP contribution is 2.16. The minimum Gasteiger partial charge on any atom is -0.497 e. The molecule has 2 rings (SSSR count). The number of amides is 1. The zero-order valence-electron chi connectivity index (χ0n) is 15.1. The molecule has 0 aliphatic rings. The number of nitrogens with zero attached hydrogens (tertiary/aromatic N) is 1. The van der Waals surface area contributed by atoms with Crippen LogP contribution in [0.25, 0.3) is 0 Å². The highest BCUT2D eigenvalue weighted by Gasteiger charge is 2.10. The molecule has 134 valence electrons. The van der Waals surface area contributed by atoms with Gasteiger partial charge in [0, 0.05) is 18.3 Å². The number of anilines is 1. The lowest BCUT2D eigenvalue weighted by Gasteiger charge is -2.20. The molecule has 0 unspecified atom stereocenters. The molecule has 0 radical (unpaired) electrons. The van der Waals surface area contributed by atoms with Gasteiger partial charge in [-0.25, -0.2) is 0 Å². The fourth-order valence-electron chi connectivity index (χ4n) is 2.38. The standard InChI is InChI=1S/C20H26N2O3/c1-4-22(12-13-25-18-10-8-16(2)9-11-18)15-20(23)21-17-6-5-7-19(14-17)24-3/h5-11,14H,4,12-13,15H2,1-3H3,(H,21,23). The predicted octanol–water partition coefficient (Wildman–Crippen LogP) is 3.34. The Morgan fingerprint density at radius 1 is 1.12 bits per heavy atom. The number of aryl methyl sites for hydroxylation is 1. The molecule has 0 atom stereocenters. The minimum atomic E-state index is -0.0505. The van der Waals surface area contributed by atoms with Crippen LogP contribution in [-0.4, -0.2) is 44.2 Å². The molecule has 0 heterocycles. The van der Waals surface area contributed by atoms with Crippen molar-refractivity contribution in [1.29, 1.82) is 0 Å². The average Bonchev–Trinajstić information content (AvgIpc) is 2.62. The summed E-state index contributed by atoms with van der Waals surface area (Å²) in [6.45, 7) is 6.42. The molecule has 1 N–H and O–H groups in total. The minimum absolute atomic E-state index is 0.0505. The molecule has 0 saturated carbocycles. The van der Waals surface area contributed by atoms with Gasteiger partial charge in [-0.3, -0.25) is 9.69 Å². The van der Waals surface area contributed by atoms with E-state index in [-0.39, 0.29) is 5.91 Å². The van der Waals surface area contributed by atoms with Gasteiger partial charge in [-0.15, -0.1) is 0 Å². The Morgan fingerprint density at radius 2 is 1.88 bits per heavy atom. The third kappa shape index (κ3) is 6.47. The number of ether oxygens (including phenoxy) is 2. The first-order chi connectivity index (χ1) is 12.1. The molecule has 0 spiro atoms. The van der Waals surface area contributed by atoms with Crippen LogP contribution in [-0.2, 0) is 4.79 Å². The Labute approximate surface area is 149 Å². The lowest BCUT2D eigenvalue weighted by Crippen LogP contribution is -2.35. The summed E-state index contributed by atoms with van der Waals surface area (Å²) < 4.78 is 10.9. The number of hydrogen-bond donors (Lipinski definition) is 1. The van der Waals surface area contributed by atoms with Gasteiger partial charge in [0.2, 0.25) is 5.91 Å². The maximum atomic E-state index is 12.2. The van der Waals surface area contributed by atoms with Gasteiger partial charge in [0.05, 0.1) is 13.7 Å². The smallest absolute Gasteiger partial charge is 0.238 e. The largest absolute Gasteiger partial charge is 0.497 e. The average molecular weight is 342 g/mol. The van der Waals surface area contributed by atoms with Gasteiger partial charge in [0.1, 0.15) is 18.1 Å². The molecule has 1 amide bonds. The van der Waals surface area contributed by atoms with E-state index in [9.17, 15) is 4.79 Å². The van der Waals surface area contributed by atoms with Crippen LogP contribution in [0.2, 0.25) is 0 Å². The van der Waals surface area contributed by atoms with Crippen LogP contribution in [0.15, 0.2) is 48.5 Å². The maximum absolute atomic E-state index is 12.2. The molecule has 0 aromatic heterocycles. The lowest BCUT2D eigenvalue weighted by atomic mass is 10.2. The van der Waals surface area contributed by atoms with Crippen molar-refractivity contribution in [1.82, 2.24) is 4.90 Å². The molecule has 0 bridgehead atoms. The number of methoxy groups -OCH3 is 1. The van der Waals surface area contributed by atoms with E-state index in [1.807, 2.05) is 61.2 Å². The fraction of sp³-hybridized carbons (Fsp3) is 0.350. The first-order valence-corrected chi connectivity index (χ1v) is 8.46. The number of nitrogens with one attached hydrogen (secondary N) is 1. The van der Waals surface area contributed by atoms with Gasteiger partial charge in [-0.1, -0.05) is 30.7 Å². The molecule has 5 heteroatoms. The van der Waals surface area contributed by atoms with E-state index in [4.69, 9.17) is 9.47 Å². The quantitative estimate of drug-likeness (QED) is 0.759. The van der Waals surface area contributed by atoms with E-state index >= 15 is 0 Å². The topological polar surface area (TPSA) is 50.8 Å². The van der Waals surface area contributed by atoms with Crippen molar-refractivity contribution in [3.8, 4) is 11.5 Å². The first-order valence-electron chi connectivity index (χ1n) is 8.46. The summed E-state index contributed by atoms with van der Waals surface area (Å²) in [5.41, 5.74) is 1.94. The van der Waals surface area contributed by atoms with E-state index in [0.717, 1.165) is 23.7 Å². The summed E-state index contributed by atoms with van der Waals surface area (Å²) in [6, 6.07) is 15.3. The zero-order chi connectivity index (χ0) is 18.1. The number of carbonyl (C=O) groups excluding carboxylic acids is 1. The van der Waals surface area contributed by atoms with E-state index in [0.29, 0.717) is 19.7 Å². The van der Waals surface area contributed by atoms with Gasteiger partial charge < -0.3 is 14.8 Å². The molecule has 0 fully saturated rings. The number of likely N-dealkylation sites (N-methyl/N-ethyl adjacent to an activating group) is 1. The van der Waals surface area contributed by atoms with Gasteiger partial charge >= 0.3 is 0 Å². The molecule has 25 heavy (non-hydrogen) atoms. The zero-order valence-corrected chi connectivity index (χ0v) is 15.1. The SMILES string of the molecule is CCN(CCOc1ccc(C)cc1)CC(=O)Nc1cccc(OC)c1. The van der Waals surface area contributed by atoms with E-state index in [1.165, 1.54) is 5.56 Å². The van der Waals surface area contributed by atoms with Crippen molar-refractivity contribution in [2.45, 2.75) is 13.8 Å². The third-order valence-electron chi connectivity index (χ3n) is 3.87. The summed E-state index contributed by atoms with van der Waals surface area (Å²) >= 11 is 0. The van der Waals surface area contributed by atoms with Crippen molar-refractivity contribution >= 4 is 11.6 Å². The van der Waals surface area contributed by atoms with Crippen LogP contribution in [0.3, 0.4) is 0 Å². The monoisotopic (exact) mass is 342 g/mol. The van der Waals surface area contributed by atoms with Gasteiger partial charge in [-0.05, 0) is 37.7 Å². The van der Waals surface area contributed by atoms with Gasteiger partial charge in [0.25, 0.3) is 0 Å². The third-order valence-corrected chi connectivity index (χ3v) is 3.87. The predicted molar refractivity (Wildman–Crippen MR) is 100 cm³/mol. The molecular formula is C20H26N2O3. The molecule has 2 aromatic rings. The summed E-state index contributed by atoms with van der Waals surface area (Å²) in [5, 5.41) is 2.89. The van der Waals surface area contributed by atoms with Crippen LogP contribution < -0.4 is 14.8 Å². The van der Waals surface area contributed by atoms with E-state index in [2.05, 4.69) is 5.32 Å². The van der Waals surface area contributed by atoms with Gasteiger partial charge in [0.15, 0.2) is 0 Å². The Morgan fingerprint density at radius 3 is 2.56 bits per heavy atom. The Hall–Kier alpha value is -2.53. The van der Waals surface area contributed by atoms with Crippen LogP contribution in [0.1, 0.15) is 12.5 Å². The Balaban J connectivity index is 1.77. The summed E-state index contributed by atoms with van der Waals surface area (Å²) in [4.78, 5) is 14.3. The molecule has 2 aromatic carbocycles. The van der Waals surface area contributed by atoms with E-state index < -0.39 is 0 Å². The molecule has 0 aliphatic heterocycles. The van der Waals surface area contributed by atoms with Crippen molar-refractivity contribution in [2.75, 3.05) is 38.7 Å². The second-order valence-electron chi connectivity index (χ2n) is 5.81. The second kappa shape index (κ2) is 9.69. The van der Waals surface area contributed by atoms with Crippen molar-refractivity contribution in [3.63, 3.8) is 0 Å². The number of hydrogen-bond acceptors (Lipinski definition) is 4. The number of carbonyl (C=O) groups is 1. The Bertz CT molecular complexity index is 671. The van der Waals surface area contributed by atoms with E-state index in [1.54, 1.807) is 13.2 Å². The van der Waals surface area contributed by atoms with Gasteiger partial charge in [-0.2, -0.15) is 0 Å². The van der Waals surface area contributed by atoms with Crippen molar-refractivity contribution < 1.29 is 14.3 Å². The fourth-order valence-corrected chi connectivity index (χ4v) is 2.38. The highest BCUT2D eigenvalue weighted by molar-refractivity contribution is 5.92. The van der Waals surface area contributed by atoms with Crippen molar-refractivity contribution in [3.05, 3.63) is 54.1 Å². The molecule has 5 nitrogen and oxygen atoms in total. The molecule has 0 aliphatic carbocycles. The Kier molecular flexibility index (Phi) is 7.29. The van der Waals surface area contributed by atoms with Crippen molar-refractivity contribution in [2.24, 2.45) is 0 Å². The highest BCUT2D eigenvalue weighted by atomic mass is 16.5.